The second kappa shape index (κ2) is 7.31. The number of hydrogen-bond acceptors (Lipinski definition) is 6. The van der Waals surface area contributed by atoms with Crippen molar-refractivity contribution in [1.82, 2.24) is 0 Å². The third kappa shape index (κ3) is 4.04. The smallest absolute Gasteiger partial charge is 0.271 e. The molecular weight excluding hydrogens is 381 g/mol. The molecular formula is C16H18FN3O4S2. The average molecular weight is 399 g/mol. The number of thiophene rings is 1. The lowest BCUT2D eigenvalue weighted by Gasteiger charge is -2.31. The number of amides is 1. The van der Waals surface area contributed by atoms with Crippen molar-refractivity contribution < 1.29 is 22.3 Å². The number of sulfonamides is 1. The number of rotatable bonds is 5. The summed E-state index contributed by atoms with van der Waals surface area (Å²) in [6.07, 6.45) is 0.746. The fraction of sp³-hybridized carbons (Fsp3) is 0.312. The molecule has 2 heterocycles. The molecule has 1 aliphatic heterocycles. The topological polar surface area (TPSA) is 111 Å². The molecule has 0 saturated carbocycles. The summed E-state index contributed by atoms with van der Waals surface area (Å²) in [7, 11) is -3.90. The highest BCUT2D eigenvalue weighted by Gasteiger charge is 2.36. The maximum absolute atomic E-state index is 14.0. The Morgan fingerprint density at radius 3 is 2.65 bits per heavy atom. The summed E-state index contributed by atoms with van der Waals surface area (Å²) in [6, 6.07) is 6.65. The maximum atomic E-state index is 14.0. The highest BCUT2D eigenvalue weighted by molar-refractivity contribution is 7.94. The van der Waals surface area contributed by atoms with E-state index in [0.717, 1.165) is 17.4 Å². The van der Waals surface area contributed by atoms with Gasteiger partial charge in [0, 0.05) is 18.9 Å². The van der Waals surface area contributed by atoms with Crippen LogP contribution in [-0.4, -0.2) is 33.1 Å². The number of benzene rings is 1. The third-order valence-electron chi connectivity index (χ3n) is 4.07. The van der Waals surface area contributed by atoms with E-state index in [0.29, 0.717) is 26.1 Å². The first-order chi connectivity index (χ1) is 12.3. The normalized spacial score (nSPS) is 16.8. The summed E-state index contributed by atoms with van der Waals surface area (Å²) >= 11 is 1.02. The molecule has 0 atom stereocenters. The van der Waals surface area contributed by atoms with Crippen LogP contribution in [0.15, 0.2) is 39.9 Å². The van der Waals surface area contributed by atoms with Gasteiger partial charge in [-0.15, -0.1) is 11.3 Å². The fourth-order valence-corrected chi connectivity index (χ4v) is 4.56. The maximum Gasteiger partial charge on any atom is 0.271 e. The molecule has 0 radical (unpaired) electrons. The summed E-state index contributed by atoms with van der Waals surface area (Å²) in [5, 5.41) is 4.23. The van der Waals surface area contributed by atoms with Gasteiger partial charge < -0.3 is 15.8 Å². The van der Waals surface area contributed by atoms with Gasteiger partial charge in [0.25, 0.3) is 10.0 Å². The Labute approximate surface area is 154 Å². The van der Waals surface area contributed by atoms with E-state index in [1.54, 1.807) is 11.4 Å². The van der Waals surface area contributed by atoms with Gasteiger partial charge >= 0.3 is 0 Å². The van der Waals surface area contributed by atoms with Gasteiger partial charge in [0.05, 0.1) is 5.69 Å². The van der Waals surface area contributed by atoms with E-state index < -0.39 is 27.3 Å². The zero-order valence-corrected chi connectivity index (χ0v) is 15.3. The number of carbonyl (C=O) groups is 1. The van der Waals surface area contributed by atoms with Crippen molar-refractivity contribution in [3.63, 3.8) is 0 Å². The Bertz CT molecular complexity index is 894. The van der Waals surface area contributed by atoms with Gasteiger partial charge in [0.15, 0.2) is 0 Å². The first kappa shape index (κ1) is 18.8. The number of anilines is 2. The van der Waals surface area contributed by atoms with Crippen molar-refractivity contribution in [3.05, 3.63) is 41.5 Å². The van der Waals surface area contributed by atoms with E-state index in [-0.39, 0.29) is 15.6 Å². The molecule has 0 bridgehead atoms. The number of nitrogens with one attached hydrogen (secondary N) is 2. The van der Waals surface area contributed by atoms with Crippen LogP contribution in [0.3, 0.4) is 0 Å². The summed E-state index contributed by atoms with van der Waals surface area (Å²) in [6.45, 7) is 0.776. The van der Waals surface area contributed by atoms with Crippen molar-refractivity contribution in [2.45, 2.75) is 22.6 Å². The van der Waals surface area contributed by atoms with Gasteiger partial charge in [-0.1, -0.05) is 6.07 Å². The molecule has 2 aromatic rings. The molecule has 3 rings (SSSR count). The highest BCUT2D eigenvalue weighted by atomic mass is 32.2. The molecule has 0 aliphatic carbocycles. The van der Waals surface area contributed by atoms with Crippen LogP contribution in [0, 0.1) is 5.82 Å². The minimum absolute atomic E-state index is 0.0643. The first-order valence-corrected chi connectivity index (χ1v) is 10.2. The highest BCUT2D eigenvalue weighted by Crippen LogP contribution is 2.26. The van der Waals surface area contributed by atoms with E-state index in [9.17, 15) is 17.6 Å². The van der Waals surface area contributed by atoms with E-state index in [4.69, 9.17) is 10.5 Å². The molecule has 0 unspecified atom stereocenters. The zero-order chi connectivity index (χ0) is 18.8. The summed E-state index contributed by atoms with van der Waals surface area (Å²) in [5.41, 5.74) is 5.03. The van der Waals surface area contributed by atoms with Crippen LogP contribution in [0.5, 0.6) is 0 Å². The van der Waals surface area contributed by atoms with E-state index in [1.807, 2.05) is 0 Å². The number of carbonyl (C=O) groups excluding carboxylic acids is 1. The molecule has 1 saturated heterocycles. The number of ether oxygens (including phenoxy) is 1. The molecule has 7 nitrogen and oxygen atoms in total. The molecule has 0 spiro atoms. The summed E-state index contributed by atoms with van der Waals surface area (Å²) < 4.78 is 46.0. The molecule has 1 amide bonds. The standard InChI is InChI=1S/C16H18FN3O4S2/c17-12-4-3-11(19-15(21)16(18)5-7-24-8-6-16)10-13(12)20-26(22,23)14-2-1-9-25-14/h1-4,9-10,20H,5-8,18H2,(H,19,21). The third-order valence-corrected chi connectivity index (χ3v) is 6.83. The summed E-state index contributed by atoms with van der Waals surface area (Å²) in [5.74, 6) is -1.17. The Hall–Kier alpha value is -2.01. The Morgan fingerprint density at radius 1 is 1.27 bits per heavy atom. The predicted molar refractivity (Wildman–Crippen MR) is 97.1 cm³/mol. The Morgan fingerprint density at radius 2 is 2.00 bits per heavy atom. The van der Waals surface area contributed by atoms with Gasteiger partial charge in [0.2, 0.25) is 5.91 Å². The van der Waals surface area contributed by atoms with Crippen LogP contribution < -0.4 is 15.8 Å². The average Bonchev–Trinajstić information content (AvgIpc) is 3.14. The van der Waals surface area contributed by atoms with Gasteiger partial charge in [-0.25, -0.2) is 12.8 Å². The lowest BCUT2D eigenvalue weighted by atomic mass is 9.90. The molecule has 1 aromatic carbocycles. The SMILES string of the molecule is NC1(C(=O)Nc2ccc(F)c(NS(=O)(=O)c3cccs3)c2)CCOCC1. The number of nitrogens with two attached hydrogens (primary N) is 1. The predicted octanol–water partition coefficient (Wildman–Crippen LogP) is 2.13. The molecule has 1 aliphatic rings. The van der Waals surface area contributed by atoms with E-state index >= 15 is 0 Å². The van der Waals surface area contributed by atoms with Gasteiger partial charge in [-0.2, -0.15) is 0 Å². The second-order valence-corrected chi connectivity index (χ2v) is 8.81. The molecule has 1 aromatic heterocycles. The molecule has 10 heteroatoms. The largest absolute Gasteiger partial charge is 0.381 e. The fourth-order valence-electron chi connectivity index (χ4n) is 2.51. The Balaban J connectivity index is 1.78. The number of halogens is 1. The summed E-state index contributed by atoms with van der Waals surface area (Å²) in [4.78, 5) is 12.4. The van der Waals surface area contributed by atoms with Gasteiger partial charge in [-0.05, 0) is 42.5 Å². The minimum atomic E-state index is -3.90. The van der Waals surface area contributed by atoms with Crippen LogP contribution >= 0.6 is 11.3 Å². The van der Waals surface area contributed by atoms with Gasteiger partial charge in [-0.3, -0.25) is 9.52 Å². The lowest BCUT2D eigenvalue weighted by Crippen LogP contribution is -2.54. The quantitative estimate of drug-likeness (QED) is 0.713. The zero-order valence-electron chi connectivity index (χ0n) is 13.7. The number of hydrogen-bond donors (Lipinski definition) is 3. The molecule has 26 heavy (non-hydrogen) atoms. The minimum Gasteiger partial charge on any atom is -0.381 e. The molecule has 140 valence electrons. The molecule has 1 fully saturated rings. The lowest BCUT2D eigenvalue weighted by molar-refractivity contribution is -0.124. The van der Waals surface area contributed by atoms with Gasteiger partial charge in [0.1, 0.15) is 15.6 Å². The van der Waals surface area contributed by atoms with Crippen molar-refractivity contribution in [2.75, 3.05) is 23.3 Å². The van der Waals surface area contributed by atoms with Crippen molar-refractivity contribution in [2.24, 2.45) is 5.73 Å². The van der Waals surface area contributed by atoms with Crippen LogP contribution in [0.4, 0.5) is 15.8 Å². The van der Waals surface area contributed by atoms with Crippen molar-refractivity contribution in [3.8, 4) is 0 Å². The van der Waals surface area contributed by atoms with Crippen LogP contribution in [0.1, 0.15) is 12.8 Å². The van der Waals surface area contributed by atoms with Crippen LogP contribution in [0.2, 0.25) is 0 Å². The monoisotopic (exact) mass is 399 g/mol. The Kier molecular flexibility index (Phi) is 5.28. The first-order valence-electron chi connectivity index (χ1n) is 7.84. The second-order valence-electron chi connectivity index (χ2n) is 5.95. The van der Waals surface area contributed by atoms with E-state index in [2.05, 4.69) is 10.0 Å². The van der Waals surface area contributed by atoms with E-state index in [1.165, 1.54) is 18.2 Å². The molecule has 4 N–H and O–H groups in total. The van der Waals surface area contributed by atoms with Crippen LogP contribution in [-0.2, 0) is 19.6 Å². The van der Waals surface area contributed by atoms with Crippen molar-refractivity contribution >= 4 is 38.6 Å². The van der Waals surface area contributed by atoms with Crippen LogP contribution in [0.25, 0.3) is 0 Å². The van der Waals surface area contributed by atoms with Crippen molar-refractivity contribution in [1.29, 1.82) is 0 Å².